The molecule has 1 aliphatic heterocycles. The fourth-order valence-electron chi connectivity index (χ4n) is 2.88. The highest BCUT2D eigenvalue weighted by Gasteiger charge is 2.31. The van der Waals surface area contributed by atoms with Crippen LogP contribution in [0.5, 0.6) is 5.75 Å². The summed E-state index contributed by atoms with van der Waals surface area (Å²) in [4.78, 5) is 14.0. The molecule has 1 unspecified atom stereocenters. The highest BCUT2D eigenvalue weighted by Crippen LogP contribution is 2.34. The number of hydrogen-bond acceptors (Lipinski definition) is 4. The van der Waals surface area contributed by atoms with E-state index in [1.165, 1.54) is 4.90 Å². The second kappa shape index (κ2) is 8.14. The summed E-state index contributed by atoms with van der Waals surface area (Å²) in [5.41, 5.74) is 0.498. The number of rotatable bonds is 3. The first-order chi connectivity index (χ1) is 13.2. The molecule has 1 aliphatic rings. The molecule has 1 heterocycles. The number of nitrogens with one attached hydrogen (secondary N) is 1. The van der Waals surface area contributed by atoms with E-state index in [4.69, 9.17) is 9.47 Å². The van der Waals surface area contributed by atoms with Gasteiger partial charge in [0.2, 0.25) is 0 Å². The number of amides is 1. The van der Waals surface area contributed by atoms with Gasteiger partial charge in [0, 0.05) is 25.2 Å². The molecule has 0 spiro atoms. The monoisotopic (exact) mass is 390 g/mol. The maximum absolute atomic E-state index is 13.9. The third-order valence-corrected chi connectivity index (χ3v) is 4.19. The summed E-state index contributed by atoms with van der Waals surface area (Å²) in [6, 6.07) is 11.4. The van der Waals surface area contributed by atoms with E-state index in [0.29, 0.717) is 6.54 Å². The maximum atomic E-state index is 13.9. The molecule has 0 fully saturated rings. The highest BCUT2D eigenvalue weighted by atomic mass is 19.2. The fourth-order valence-corrected chi connectivity index (χ4v) is 2.88. The van der Waals surface area contributed by atoms with Crippen LogP contribution in [0.2, 0.25) is 0 Å². The summed E-state index contributed by atoms with van der Waals surface area (Å²) in [6.45, 7) is 6.20. The molecule has 0 saturated heterocycles. The van der Waals surface area contributed by atoms with Crippen molar-refractivity contribution >= 4 is 11.8 Å². The Morgan fingerprint density at radius 2 is 1.89 bits per heavy atom. The second-order valence-electron chi connectivity index (χ2n) is 7.70. The predicted octanol–water partition coefficient (Wildman–Crippen LogP) is 4.26. The Kier molecular flexibility index (Phi) is 5.84. The van der Waals surface area contributed by atoms with Gasteiger partial charge >= 0.3 is 6.09 Å². The molecule has 7 heteroatoms. The van der Waals surface area contributed by atoms with E-state index in [1.807, 2.05) is 30.3 Å². The molecule has 28 heavy (non-hydrogen) atoms. The minimum atomic E-state index is -1.05. The van der Waals surface area contributed by atoms with Crippen LogP contribution in [0.3, 0.4) is 0 Å². The fraction of sp³-hybridized carbons (Fsp3) is 0.381. The van der Waals surface area contributed by atoms with Gasteiger partial charge < -0.3 is 14.8 Å². The first-order valence-electron chi connectivity index (χ1n) is 9.12. The highest BCUT2D eigenvalue weighted by molar-refractivity contribution is 5.90. The molecule has 2 aromatic carbocycles. The van der Waals surface area contributed by atoms with Crippen LogP contribution in [0, 0.1) is 11.6 Å². The molecule has 2 aromatic rings. The van der Waals surface area contributed by atoms with Gasteiger partial charge in [0.05, 0.1) is 11.7 Å². The Bertz CT molecular complexity index is 838. The molecule has 1 N–H and O–H groups in total. The lowest BCUT2D eigenvalue weighted by Gasteiger charge is -2.28. The Balaban J connectivity index is 1.84. The summed E-state index contributed by atoms with van der Waals surface area (Å²) >= 11 is 0. The minimum Gasteiger partial charge on any atom is -0.490 e. The van der Waals surface area contributed by atoms with Gasteiger partial charge in [-0.1, -0.05) is 30.3 Å². The Labute approximate surface area is 163 Å². The van der Waals surface area contributed by atoms with E-state index in [0.717, 1.165) is 17.7 Å². The van der Waals surface area contributed by atoms with Crippen LogP contribution in [0.15, 0.2) is 42.5 Å². The number of ether oxygens (including phenoxy) is 2. The third-order valence-electron chi connectivity index (χ3n) is 4.19. The largest absolute Gasteiger partial charge is 0.490 e. The van der Waals surface area contributed by atoms with Crippen molar-refractivity contribution in [3.63, 3.8) is 0 Å². The average Bonchev–Trinajstić information content (AvgIpc) is 2.80. The maximum Gasteiger partial charge on any atom is 0.414 e. The Morgan fingerprint density at radius 1 is 1.21 bits per heavy atom. The summed E-state index contributed by atoms with van der Waals surface area (Å²) in [7, 11) is 0. The van der Waals surface area contributed by atoms with Crippen molar-refractivity contribution in [2.45, 2.75) is 39.0 Å². The predicted molar refractivity (Wildman–Crippen MR) is 103 cm³/mol. The number of halogens is 2. The van der Waals surface area contributed by atoms with Gasteiger partial charge in [0.1, 0.15) is 18.0 Å². The van der Waals surface area contributed by atoms with Crippen LogP contribution in [0.4, 0.5) is 19.3 Å². The van der Waals surface area contributed by atoms with Crippen LogP contribution in [0.1, 0.15) is 26.3 Å². The summed E-state index contributed by atoms with van der Waals surface area (Å²) in [5.74, 6) is -1.97. The zero-order valence-corrected chi connectivity index (χ0v) is 16.2. The molecule has 0 aliphatic carbocycles. The molecule has 5 nitrogen and oxygen atoms in total. The van der Waals surface area contributed by atoms with Crippen LogP contribution < -0.4 is 15.0 Å². The average molecular weight is 390 g/mol. The van der Waals surface area contributed by atoms with E-state index < -0.39 is 23.3 Å². The van der Waals surface area contributed by atoms with Crippen LogP contribution in [0.25, 0.3) is 0 Å². The van der Waals surface area contributed by atoms with Gasteiger partial charge in [0.15, 0.2) is 11.6 Å². The minimum absolute atomic E-state index is 0.105. The van der Waals surface area contributed by atoms with Crippen molar-refractivity contribution in [2.24, 2.45) is 0 Å². The van der Waals surface area contributed by atoms with Gasteiger partial charge in [-0.15, -0.1) is 0 Å². The second-order valence-corrected chi connectivity index (χ2v) is 7.70. The molecule has 0 saturated carbocycles. The lowest BCUT2D eigenvalue weighted by molar-refractivity contribution is 0.0577. The Hall–Kier alpha value is -2.67. The van der Waals surface area contributed by atoms with Crippen molar-refractivity contribution in [3.05, 3.63) is 59.7 Å². The first kappa shape index (κ1) is 20.1. The quantitative estimate of drug-likeness (QED) is 0.851. The van der Waals surface area contributed by atoms with Crippen LogP contribution in [-0.2, 0) is 11.3 Å². The van der Waals surface area contributed by atoms with E-state index in [9.17, 15) is 13.6 Å². The van der Waals surface area contributed by atoms with Crippen molar-refractivity contribution < 1.29 is 23.0 Å². The standard InChI is InChI=1S/C21H24F2N2O3/c1-21(2,3)28-20(26)25-12-15(24-11-14-7-5-4-6-8-14)13-27-19-10-17(23)16(22)9-18(19)25/h4-10,15,24H,11-13H2,1-3H3. The molecule has 1 amide bonds. The zero-order chi connectivity index (χ0) is 20.3. The van der Waals surface area contributed by atoms with E-state index in [1.54, 1.807) is 20.8 Å². The number of nitrogens with zero attached hydrogens (tertiary/aromatic N) is 1. The van der Waals surface area contributed by atoms with Gasteiger partial charge in [-0.2, -0.15) is 0 Å². The third kappa shape index (κ3) is 4.98. The van der Waals surface area contributed by atoms with E-state index in [2.05, 4.69) is 5.32 Å². The molecule has 1 atom stereocenters. The zero-order valence-electron chi connectivity index (χ0n) is 16.2. The SMILES string of the molecule is CC(C)(C)OC(=O)N1CC(NCc2ccccc2)COc2cc(F)c(F)cc21. The molecule has 0 bridgehead atoms. The van der Waals surface area contributed by atoms with Crippen molar-refractivity contribution in [1.82, 2.24) is 5.32 Å². The number of fused-ring (bicyclic) bond motifs is 1. The lowest BCUT2D eigenvalue weighted by Crippen LogP contribution is -2.46. The van der Waals surface area contributed by atoms with Gasteiger partial charge in [-0.25, -0.2) is 13.6 Å². The van der Waals surface area contributed by atoms with Crippen LogP contribution in [-0.4, -0.2) is 30.9 Å². The topological polar surface area (TPSA) is 50.8 Å². The molecular formula is C21H24F2N2O3. The number of carbonyl (C=O) groups is 1. The summed E-state index contributed by atoms with van der Waals surface area (Å²) in [5, 5.41) is 3.33. The number of anilines is 1. The van der Waals surface area contributed by atoms with Crippen LogP contribution >= 0.6 is 0 Å². The molecule has 0 aromatic heterocycles. The van der Waals surface area contributed by atoms with E-state index >= 15 is 0 Å². The Morgan fingerprint density at radius 3 is 2.57 bits per heavy atom. The number of carbonyl (C=O) groups excluding carboxylic acids is 1. The lowest BCUT2D eigenvalue weighted by atomic mass is 10.2. The van der Waals surface area contributed by atoms with Gasteiger partial charge in [-0.3, -0.25) is 4.90 Å². The molecule has 0 radical (unpaired) electrons. The molecule has 150 valence electrons. The van der Waals surface area contributed by atoms with Gasteiger partial charge in [0.25, 0.3) is 0 Å². The summed E-state index contributed by atoms with van der Waals surface area (Å²) < 4.78 is 38.7. The summed E-state index contributed by atoms with van der Waals surface area (Å²) in [6.07, 6.45) is -0.642. The van der Waals surface area contributed by atoms with Crippen molar-refractivity contribution in [2.75, 3.05) is 18.1 Å². The van der Waals surface area contributed by atoms with Crippen molar-refractivity contribution in [3.8, 4) is 5.75 Å². The number of hydrogen-bond donors (Lipinski definition) is 1. The number of benzene rings is 2. The van der Waals surface area contributed by atoms with Crippen molar-refractivity contribution in [1.29, 1.82) is 0 Å². The van der Waals surface area contributed by atoms with Gasteiger partial charge in [-0.05, 0) is 26.3 Å². The molecule has 3 rings (SSSR count). The smallest absolute Gasteiger partial charge is 0.414 e. The normalized spacial score (nSPS) is 16.8. The molecular weight excluding hydrogens is 366 g/mol. The van der Waals surface area contributed by atoms with E-state index in [-0.39, 0.29) is 30.6 Å². The first-order valence-corrected chi connectivity index (χ1v) is 9.12.